The molecule has 0 unspecified atom stereocenters. The van der Waals surface area contributed by atoms with Gasteiger partial charge in [-0.15, -0.1) is 0 Å². The van der Waals surface area contributed by atoms with E-state index in [1.807, 2.05) is 0 Å². The molecule has 17 heavy (non-hydrogen) atoms. The molecule has 3 N–H and O–H groups in total. The molecule has 1 fully saturated rings. The molecular weight excluding hydrogens is 216 g/mol. The Balaban J connectivity index is 1.69. The van der Waals surface area contributed by atoms with Crippen molar-refractivity contribution in [3.8, 4) is 0 Å². The number of rotatable bonds is 6. The average molecular weight is 238 g/mol. The first-order chi connectivity index (χ1) is 8.35. The molecular formula is C12H22N4O. The quantitative estimate of drug-likeness (QED) is 0.643. The number of aromatic nitrogens is 3. The van der Waals surface area contributed by atoms with Gasteiger partial charge in [0.15, 0.2) is 0 Å². The van der Waals surface area contributed by atoms with Gasteiger partial charge in [-0.1, -0.05) is 19.3 Å². The first-order valence-electron chi connectivity index (χ1n) is 6.50. The summed E-state index contributed by atoms with van der Waals surface area (Å²) in [5.41, 5.74) is 0.125. The van der Waals surface area contributed by atoms with Gasteiger partial charge >= 0.3 is 0 Å². The number of hydrogen-bond donors (Lipinski definition) is 3. The number of H-pyrrole nitrogens is 1. The molecule has 1 saturated carbocycles. The highest BCUT2D eigenvalue weighted by molar-refractivity contribution is 4.86. The summed E-state index contributed by atoms with van der Waals surface area (Å²) in [6, 6.07) is 0. The highest BCUT2D eigenvalue weighted by Crippen LogP contribution is 2.35. The van der Waals surface area contributed by atoms with Crippen LogP contribution in [0.1, 0.15) is 37.9 Å². The SMILES string of the molecule is OCC1(CNCCc2ncn[nH]2)CCCCC1. The van der Waals surface area contributed by atoms with Crippen LogP contribution < -0.4 is 5.32 Å². The number of nitrogens with one attached hydrogen (secondary N) is 2. The van der Waals surface area contributed by atoms with Gasteiger partial charge in [-0.25, -0.2) is 4.98 Å². The number of nitrogens with zero attached hydrogens (tertiary/aromatic N) is 2. The zero-order valence-corrected chi connectivity index (χ0v) is 10.3. The minimum Gasteiger partial charge on any atom is -0.396 e. The van der Waals surface area contributed by atoms with Gasteiger partial charge in [0.05, 0.1) is 0 Å². The highest BCUT2D eigenvalue weighted by atomic mass is 16.3. The van der Waals surface area contributed by atoms with Gasteiger partial charge in [-0.05, 0) is 12.8 Å². The van der Waals surface area contributed by atoms with Crippen molar-refractivity contribution in [3.63, 3.8) is 0 Å². The van der Waals surface area contributed by atoms with Crippen LogP contribution in [0.15, 0.2) is 6.33 Å². The summed E-state index contributed by atoms with van der Waals surface area (Å²) in [5, 5.41) is 19.7. The second-order valence-electron chi connectivity index (χ2n) is 5.08. The molecule has 0 aliphatic heterocycles. The van der Waals surface area contributed by atoms with Gasteiger partial charge in [0.2, 0.25) is 0 Å². The minimum absolute atomic E-state index is 0.125. The van der Waals surface area contributed by atoms with Crippen molar-refractivity contribution in [2.24, 2.45) is 5.41 Å². The van der Waals surface area contributed by atoms with E-state index in [1.165, 1.54) is 25.6 Å². The summed E-state index contributed by atoms with van der Waals surface area (Å²) in [6.45, 7) is 2.11. The third-order valence-corrected chi connectivity index (χ3v) is 3.75. The van der Waals surface area contributed by atoms with Crippen LogP contribution in [0.2, 0.25) is 0 Å². The molecule has 0 saturated heterocycles. The largest absolute Gasteiger partial charge is 0.396 e. The van der Waals surface area contributed by atoms with Gasteiger partial charge in [-0.2, -0.15) is 5.10 Å². The lowest BCUT2D eigenvalue weighted by Gasteiger charge is -2.35. The number of aromatic amines is 1. The van der Waals surface area contributed by atoms with Gasteiger partial charge in [0, 0.05) is 31.5 Å². The van der Waals surface area contributed by atoms with Crippen molar-refractivity contribution in [1.29, 1.82) is 0 Å². The van der Waals surface area contributed by atoms with E-state index in [0.717, 1.165) is 38.2 Å². The number of aliphatic hydroxyl groups excluding tert-OH is 1. The maximum Gasteiger partial charge on any atom is 0.137 e. The van der Waals surface area contributed by atoms with Crippen molar-refractivity contribution >= 4 is 0 Å². The number of aliphatic hydroxyl groups is 1. The Labute approximate surface area is 102 Å². The summed E-state index contributed by atoms with van der Waals surface area (Å²) in [5.74, 6) is 0.916. The van der Waals surface area contributed by atoms with Crippen LogP contribution in [0.4, 0.5) is 0 Å². The van der Waals surface area contributed by atoms with Crippen LogP contribution in [0.25, 0.3) is 0 Å². The van der Waals surface area contributed by atoms with E-state index in [0.29, 0.717) is 6.61 Å². The molecule has 0 aromatic carbocycles. The second kappa shape index (κ2) is 6.12. The van der Waals surface area contributed by atoms with E-state index in [4.69, 9.17) is 0 Å². The van der Waals surface area contributed by atoms with E-state index in [9.17, 15) is 5.11 Å². The van der Waals surface area contributed by atoms with E-state index < -0.39 is 0 Å². The standard InChI is InChI=1S/C12H22N4O/c17-9-12(5-2-1-3-6-12)8-13-7-4-11-14-10-15-16-11/h10,13,17H,1-9H2,(H,14,15,16). The van der Waals surface area contributed by atoms with E-state index in [2.05, 4.69) is 20.5 Å². The molecule has 5 nitrogen and oxygen atoms in total. The summed E-state index contributed by atoms with van der Waals surface area (Å²) in [4.78, 5) is 4.08. The molecule has 0 spiro atoms. The molecule has 1 aliphatic rings. The van der Waals surface area contributed by atoms with Gasteiger partial charge < -0.3 is 10.4 Å². The summed E-state index contributed by atoms with van der Waals surface area (Å²) in [6.07, 6.45) is 8.53. The van der Waals surface area contributed by atoms with Crippen LogP contribution >= 0.6 is 0 Å². The fraction of sp³-hybridized carbons (Fsp3) is 0.833. The fourth-order valence-electron chi connectivity index (χ4n) is 2.60. The Bertz CT molecular complexity index is 306. The molecule has 1 heterocycles. The Morgan fingerprint density at radius 1 is 1.35 bits per heavy atom. The molecule has 96 valence electrons. The van der Waals surface area contributed by atoms with Crippen molar-refractivity contribution in [2.75, 3.05) is 19.7 Å². The Morgan fingerprint density at radius 3 is 2.82 bits per heavy atom. The van der Waals surface area contributed by atoms with Gasteiger partial charge in [0.1, 0.15) is 12.2 Å². The van der Waals surface area contributed by atoms with Crippen LogP contribution in [0.3, 0.4) is 0 Å². The molecule has 0 atom stereocenters. The van der Waals surface area contributed by atoms with Gasteiger partial charge in [-0.3, -0.25) is 5.10 Å². The molecule has 0 radical (unpaired) electrons. The lowest BCUT2D eigenvalue weighted by Crippen LogP contribution is -2.39. The lowest BCUT2D eigenvalue weighted by molar-refractivity contribution is 0.0816. The normalized spacial score (nSPS) is 19.4. The topological polar surface area (TPSA) is 73.8 Å². The number of hydrogen-bond acceptors (Lipinski definition) is 4. The molecule has 1 aromatic heterocycles. The second-order valence-corrected chi connectivity index (χ2v) is 5.08. The highest BCUT2D eigenvalue weighted by Gasteiger charge is 2.30. The lowest BCUT2D eigenvalue weighted by atomic mass is 9.74. The zero-order chi connectivity index (χ0) is 12.0. The fourth-order valence-corrected chi connectivity index (χ4v) is 2.60. The molecule has 0 bridgehead atoms. The van der Waals surface area contributed by atoms with E-state index in [1.54, 1.807) is 0 Å². The first kappa shape index (κ1) is 12.5. The maximum absolute atomic E-state index is 9.56. The Kier molecular flexibility index (Phi) is 4.50. The predicted molar refractivity (Wildman–Crippen MR) is 65.6 cm³/mol. The van der Waals surface area contributed by atoms with E-state index >= 15 is 0 Å². The van der Waals surface area contributed by atoms with E-state index in [-0.39, 0.29) is 5.41 Å². The maximum atomic E-state index is 9.56. The third-order valence-electron chi connectivity index (χ3n) is 3.75. The molecule has 5 heteroatoms. The third kappa shape index (κ3) is 3.51. The average Bonchev–Trinajstić information content (AvgIpc) is 2.89. The van der Waals surface area contributed by atoms with Crippen molar-refractivity contribution in [1.82, 2.24) is 20.5 Å². The zero-order valence-electron chi connectivity index (χ0n) is 10.3. The Hall–Kier alpha value is -0.940. The predicted octanol–water partition coefficient (Wildman–Crippen LogP) is 0.880. The van der Waals surface area contributed by atoms with Crippen LogP contribution in [0, 0.1) is 5.41 Å². The van der Waals surface area contributed by atoms with Crippen LogP contribution in [-0.2, 0) is 6.42 Å². The monoisotopic (exact) mass is 238 g/mol. The van der Waals surface area contributed by atoms with Crippen molar-refractivity contribution in [2.45, 2.75) is 38.5 Å². The molecule has 1 aromatic rings. The summed E-state index contributed by atoms with van der Waals surface area (Å²) in [7, 11) is 0. The van der Waals surface area contributed by atoms with Crippen molar-refractivity contribution < 1.29 is 5.11 Å². The molecule has 0 amide bonds. The Morgan fingerprint density at radius 2 is 2.18 bits per heavy atom. The van der Waals surface area contributed by atoms with Gasteiger partial charge in [0.25, 0.3) is 0 Å². The van der Waals surface area contributed by atoms with Crippen LogP contribution in [0.5, 0.6) is 0 Å². The van der Waals surface area contributed by atoms with Crippen LogP contribution in [-0.4, -0.2) is 40.0 Å². The summed E-state index contributed by atoms with van der Waals surface area (Å²) < 4.78 is 0. The minimum atomic E-state index is 0.125. The summed E-state index contributed by atoms with van der Waals surface area (Å²) >= 11 is 0. The first-order valence-corrected chi connectivity index (χ1v) is 6.50. The molecule has 1 aliphatic carbocycles. The molecule has 2 rings (SSSR count). The van der Waals surface area contributed by atoms with Crippen molar-refractivity contribution in [3.05, 3.63) is 12.2 Å². The smallest absolute Gasteiger partial charge is 0.137 e.